The number of rotatable bonds is 6. The zero-order chi connectivity index (χ0) is 16.2. The molecular formula is C12H13Cl2NO5S. The normalized spacial score (nSPS) is 12.7. The summed E-state index contributed by atoms with van der Waals surface area (Å²) < 4.78 is 22.1. The van der Waals surface area contributed by atoms with Gasteiger partial charge in [0.15, 0.2) is 0 Å². The number of carbonyl (C=O) groups is 2. The number of carbonyl (C=O) groups excluding carboxylic acids is 1. The zero-order valence-corrected chi connectivity index (χ0v) is 13.3. The highest BCUT2D eigenvalue weighted by molar-refractivity contribution is 7.90. The summed E-state index contributed by atoms with van der Waals surface area (Å²) >= 11 is 11.5. The van der Waals surface area contributed by atoms with E-state index in [1.165, 1.54) is 18.2 Å². The van der Waals surface area contributed by atoms with Gasteiger partial charge in [-0.1, -0.05) is 23.2 Å². The Hall–Kier alpha value is -1.31. The van der Waals surface area contributed by atoms with E-state index >= 15 is 0 Å². The summed E-state index contributed by atoms with van der Waals surface area (Å²) in [5, 5.41) is 11.7. The first-order valence-electron chi connectivity index (χ1n) is 5.76. The lowest BCUT2D eigenvalue weighted by Gasteiger charge is -2.14. The Balaban J connectivity index is 2.84. The summed E-state index contributed by atoms with van der Waals surface area (Å²) in [6.45, 7) is 0. The highest BCUT2D eigenvalue weighted by Crippen LogP contribution is 2.21. The van der Waals surface area contributed by atoms with Crippen molar-refractivity contribution in [2.75, 3.05) is 12.0 Å². The van der Waals surface area contributed by atoms with Gasteiger partial charge in [0.05, 0.1) is 16.3 Å². The molecule has 0 aliphatic carbocycles. The van der Waals surface area contributed by atoms with Crippen LogP contribution in [-0.2, 0) is 14.6 Å². The molecule has 1 aromatic carbocycles. The van der Waals surface area contributed by atoms with Gasteiger partial charge in [-0.15, -0.1) is 0 Å². The molecule has 1 amide bonds. The molecular weight excluding hydrogens is 341 g/mol. The molecule has 0 spiro atoms. The van der Waals surface area contributed by atoms with Crippen LogP contribution in [0.3, 0.4) is 0 Å². The summed E-state index contributed by atoms with van der Waals surface area (Å²) in [5.41, 5.74) is 0.0617. The van der Waals surface area contributed by atoms with E-state index in [1.54, 1.807) is 0 Å². The summed E-state index contributed by atoms with van der Waals surface area (Å²) in [7, 11) is -3.33. The number of carboxylic acids is 1. The molecule has 6 nitrogen and oxygen atoms in total. The van der Waals surface area contributed by atoms with E-state index in [-0.39, 0.29) is 22.8 Å². The lowest BCUT2D eigenvalue weighted by Crippen LogP contribution is -2.42. The van der Waals surface area contributed by atoms with Crippen LogP contribution in [0.15, 0.2) is 18.2 Å². The number of aliphatic carboxylic acids is 1. The third kappa shape index (κ3) is 5.91. The van der Waals surface area contributed by atoms with Crippen LogP contribution in [0.4, 0.5) is 0 Å². The van der Waals surface area contributed by atoms with Crippen LogP contribution in [0.5, 0.6) is 0 Å². The van der Waals surface area contributed by atoms with Crippen molar-refractivity contribution in [1.29, 1.82) is 0 Å². The number of nitrogens with one attached hydrogen (secondary N) is 1. The van der Waals surface area contributed by atoms with Crippen molar-refractivity contribution in [3.8, 4) is 0 Å². The number of hydrogen-bond acceptors (Lipinski definition) is 4. The molecule has 2 N–H and O–H groups in total. The van der Waals surface area contributed by atoms with Crippen molar-refractivity contribution >= 4 is 44.9 Å². The van der Waals surface area contributed by atoms with Gasteiger partial charge in [-0.05, 0) is 24.6 Å². The van der Waals surface area contributed by atoms with Gasteiger partial charge in [0, 0.05) is 11.3 Å². The number of halogens is 2. The van der Waals surface area contributed by atoms with Gasteiger partial charge < -0.3 is 10.4 Å². The molecule has 0 radical (unpaired) electrons. The fraction of sp³-hybridized carbons (Fsp3) is 0.333. The molecule has 0 heterocycles. The molecule has 1 atom stereocenters. The smallest absolute Gasteiger partial charge is 0.326 e. The monoisotopic (exact) mass is 353 g/mol. The van der Waals surface area contributed by atoms with Gasteiger partial charge in [0.1, 0.15) is 15.9 Å². The molecule has 21 heavy (non-hydrogen) atoms. The molecule has 116 valence electrons. The Morgan fingerprint density at radius 1 is 1.33 bits per heavy atom. The van der Waals surface area contributed by atoms with Crippen molar-refractivity contribution in [3.05, 3.63) is 33.8 Å². The van der Waals surface area contributed by atoms with Crippen LogP contribution >= 0.6 is 23.2 Å². The molecule has 9 heteroatoms. The van der Waals surface area contributed by atoms with E-state index in [0.717, 1.165) is 6.26 Å². The van der Waals surface area contributed by atoms with Crippen molar-refractivity contribution in [2.45, 2.75) is 12.5 Å². The Kier molecular flexibility index (Phi) is 6.00. The molecule has 0 fully saturated rings. The van der Waals surface area contributed by atoms with Crippen LogP contribution in [0.25, 0.3) is 0 Å². The minimum absolute atomic E-state index is 0.0617. The van der Waals surface area contributed by atoms with E-state index in [0.29, 0.717) is 5.02 Å². The molecule has 0 bridgehead atoms. The Morgan fingerprint density at radius 2 is 1.95 bits per heavy atom. The van der Waals surface area contributed by atoms with E-state index in [1.807, 2.05) is 0 Å². The first kappa shape index (κ1) is 17.7. The van der Waals surface area contributed by atoms with Gasteiger partial charge in [0.25, 0.3) is 5.91 Å². The number of sulfone groups is 1. The van der Waals surface area contributed by atoms with Crippen LogP contribution < -0.4 is 5.32 Å². The molecule has 0 aliphatic heterocycles. The largest absolute Gasteiger partial charge is 0.480 e. The van der Waals surface area contributed by atoms with Gasteiger partial charge >= 0.3 is 5.97 Å². The van der Waals surface area contributed by atoms with Crippen LogP contribution in [0, 0.1) is 0 Å². The predicted molar refractivity (Wildman–Crippen MR) is 79.7 cm³/mol. The minimum atomic E-state index is -3.33. The lowest BCUT2D eigenvalue weighted by molar-refractivity contribution is -0.139. The summed E-state index contributed by atoms with van der Waals surface area (Å²) in [6, 6.07) is 2.83. The Labute approximate surface area is 132 Å². The quantitative estimate of drug-likeness (QED) is 0.808. The van der Waals surface area contributed by atoms with Crippen molar-refractivity contribution in [1.82, 2.24) is 5.32 Å². The van der Waals surface area contributed by atoms with Crippen LogP contribution in [0.2, 0.25) is 10.0 Å². The third-order valence-corrected chi connectivity index (χ3v) is 4.08. The van der Waals surface area contributed by atoms with Crippen molar-refractivity contribution < 1.29 is 23.1 Å². The average Bonchev–Trinajstić information content (AvgIpc) is 2.32. The van der Waals surface area contributed by atoms with Gasteiger partial charge in [-0.3, -0.25) is 4.79 Å². The second-order valence-electron chi connectivity index (χ2n) is 4.41. The second kappa shape index (κ2) is 7.11. The summed E-state index contributed by atoms with van der Waals surface area (Å²) in [4.78, 5) is 23.0. The number of amides is 1. The van der Waals surface area contributed by atoms with E-state index in [4.69, 9.17) is 28.3 Å². The topological polar surface area (TPSA) is 101 Å². The number of hydrogen-bond donors (Lipinski definition) is 2. The molecule has 1 aromatic rings. The van der Waals surface area contributed by atoms with E-state index in [2.05, 4.69) is 5.32 Å². The average molecular weight is 354 g/mol. The Bertz CT molecular complexity index is 660. The second-order valence-corrected chi connectivity index (χ2v) is 7.51. The maximum absolute atomic E-state index is 12.0. The third-order valence-electron chi connectivity index (χ3n) is 2.56. The highest BCUT2D eigenvalue weighted by Gasteiger charge is 2.23. The predicted octanol–water partition coefficient (Wildman–Crippen LogP) is 1.61. The molecule has 0 saturated carbocycles. The molecule has 1 rings (SSSR count). The van der Waals surface area contributed by atoms with Gasteiger partial charge in [0.2, 0.25) is 0 Å². The Morgan fingerprint density at radius 3 is 2.43 bits per heavy atom. The van der Waals surface area contributed by atoms with Gasteiger partial charge in [-0.25, -0.2) is 13.2 Å². The van der Waals surface area contributed by atoms with E-state index < -0.39 is 27.8 Å². The molecule has 0 aromatic heterocycles. The maximum atomic E-state index is 12.0. The van der Waals surface area contributed by atoms with Gasteiger partial charge in [-0.2, -0.15) is 0 Å². The first-order valence-corrected chi connectivity index (χ1v) is 8.58. The first-order chi connectivity index (χ1) is 9.60. The highest BCUT2D eigenvalue weighted by atomic mass is 35.5. The molecule has 0 saturated heterocycles. The number of benzene rings is 1. The molecule has 0 unspecified atom stereocenters. The SMILES string of the molecule is CS(=O)(=O)CC[C@@H](NC(=O)c1ccc(Cl)cc1Cl)C(=O)O. The van der Waals surface area contributed by atoms with Crippen LogP contribution in [-0.4, -0.2) is 43.5 Å². The standard InChI is InChI=1S/C12H13Cl2NO5S/c1-21(19,20)5-4-10(12(17)18)15-11(16)8-3-2-7(13)6-9(8)14/h2-3,6,10H,4-5H2,1H3,(H,15,16)(H,17,18)/t10-/m1/s1. The minimum Gasteiger partial charge on any atom is -0.480 e. The molecule has 0 aliphatic rings. The summed E-state index contributed by atoms with van der Waals surface area (Å²) in [6.07, 6.45) is 0.759. The van der Waals surface area contributed by atoms with Crippen molar-refractivity contribution in [3.63, 3.8) is 0 Å². The van der Waals surface area contributed by atoms with Crippen LogP contribution in [0.1, 0.15) is 16.8 Å². The zero-order valence-electron chi connectivity index (χ0n) is 11.0. The van der Waals surface area contributed by atoms with E-state index in [9.17, 15) is 18.0 Å². The number of carboxylic acid groups (broad SMARTS) is 1. The van der Waals surface area contributed by atoms with Crippen molar-refractivity contribution in [2.24, 2.45) is 0 Å². The lowest BCUT2D eigenvalue weighted by atomic mass is 10.1. The maximum Gasteiger partial charge on any atom is 0.326 e. The fourth-order valence-corrected chi connectivity index (χ4v) is 2.66. The summed E-state index contributed by atoms with van der Waals surface area (Å²) in [5.74, 6) is -2.38. The fourth-order valence-electron chi connectivity index (χ4n) is 1.50.